The number of carbonyl (C=O) groups is 1. The van der Waals surface area contributed by atoms with E-state index in [1.165, 1.54) is 6.07 Å². The summed E-state index contributed by atoms with van der Waals surface area (Å²) in [5, 5.41) is 13.1. The summed E-state index contributed by atoms with van der Waals surface area (Å²) in [5.74, 6) is -0.287. The monoisotopic (exact) mass is 401 g/mol. The van der Waals surface area contributed by atoms with Gasteiger partial charge in [-0.25, -0.2) is 4.79 Å². The van der Waals surface area contributed by atoms with Gasteiger partial charge in [-0.1, -0.05) is 53.5 Å². The van der Waals surface area contributed by atoms with Crippen molar-refractivity contribution >= 4 is 34.9 Å². The number of anilines is 1. The van der Waals surface area contributed by atoms with Gasteiger partial charge in [-0.2, -0.15) is 0 Å². The number of carboxylic acids is 1. The summed E-state index contributed by atoms with van der Waals surface area (Å²) in [6.07, 6.45) is 0. The third-order valence-electron chi connectivity index (χ3n) is 3.94. The molecule has 0 aromatic heterocycles. The Morgan fingerprint density at radius 2 is 1.81 bits per heavy atom. The van der Waals surface area contributed by atoms with Gasteiger partial charge in [-0.3, -0.25) is 0 Å². The number of ether oxygens (including phenoxy) is 1. The first kappa shape index (κ1) is 19.1. The molecule has 3 rings (SSSR count). The lowest BCUT2D eigenvalue weighted by Gasteiger charge is -2.13. The summed E-state index contributed by atoms with van der Waals surface area (Å²) in [7, 11) is 0. The van der Waals surface area contributed by atoms with Gasteiger partial charge in [0.05, 0.1) is 10.6 Å². The summed E-state index contributed by atoms with van der Waals surface area (Å²) >= 11 is 12.0. The van der Waals surface area contributed by atoms with Crippen molar-refractivity contribution in [3.63, 3.8) is 0 Å². The van der Waals surface area contributed by atoms with Crippen LogP contribution in [0.5, 0.6) is 5.75 Å². The Balaban J connectivity index is 1.67. The van der Waals surface area contributed by atoms with E-state index in [9.17, 15) is 4.79 Å². The maximum absolute atomic E-state index is 11.0. The molecule has 0 saturated carbocycles. The third kappa shape index (κ3) is 5.16. The van der Waals surface area contributed by atoms with Gasteiger partial charge >= 0.3 is 5.97 Å². The Labute approximate surface area is 167 Å². The van der Waals surface area contributed by atoms with Crippen molar-refractivity contribution in [2.24, 2.45) is 0 Å². The van der Waals surface area contributed by atoms with Crippen LogP contribution in [0.2, 0.25) is 10.0 Å². The third-order valence-corrected chi connectivity index (χ3v) is 4.49. The number of para-hydroxylation sites is 1. The number of carboxylic acid groups (broad SMARTS) is 1. The highest BCUT2D eigenvalue weighted by Crippen LogP contribution is 2.24. The first-order valence-electron chi connectivity index (χ1n) is 8.25. The Morgan fingerprint density at radius 3 is 2.56 bits per heavy atom. The minimum absolute atomic E-state index is 0.0764. The summed E-state index contributed by atoms with van der Waals surface area (Å²) in [6, 6.07) is 20.0. The molecule has 3 aromatic carbocycles. The van der Waals surface area contributed by atoms with Crippen molar-refractivity contribution in [3.05, 3.63) is 93.5 Å². The molecule has 0 atom stereocenters. The number of aromatic carboxylic acids is 1. The Morgan fingerprint density at radius 1 is 1.00 bits per heavy atom. The van der Waals surface area contributed by atoms with E-state index in [0.29, 0.717) is 18.2 Å². The topological polar surface area (TPSA) is 58.6 Å². The second-order valence-corrected chi connectivity index (χ2v) is 6.72. The van der Waals surface area contributed by atoms with E-state index < -0.39 is 5.97 Å². The molecular formula is C21H17Cl2NO3. The first-order valence-corrected chi connectivity index (χ1v) is 9.00. The van der Waals surface area contributed by atoms with Crippen LogP contribution in [0.15, 0.2) is 66.7 Å². The lowest BCUT2D eigenvalue weighted by atomic mass is 10.1. The fourth-order valence-electron chi connectivity index (χ4n) is 2.57. The van der Waals surface area contributed by atoms with Gasteiger partial charge in [0.15, 0.2) is 0 Å². The lowest BCUT2D eigenvalue weighted by molar-refractivity contribution is 0.0697. The molecule has 0 unspecified atom stereocenters. The number of hydrogen-bond donors (Lipinski definition) is 2. The van der Waals surface area contributed by atoms with Gasteiger partial charge in [0, 0.05) is 22.8 Å². The van der Waals surface area contributed by atoms with Gasteiger partial charge in [-0.15, -0.1) is 0 Å². The van der Waals surface area contributed by atoms with Crippen LogP contribution in [0, 0.1) is 0 Å². The summed E-state index contributed by atoms with van der Waals surface area (Å²) in [4.78, 5) is 11.0. The minimum Gasteiger partial charge on any atom is -0.489 e. The van der Waals surface area contributed by atoms with Gasteiger partial charge < -0.3 is 15.2 Å². The molecule has 0 amide bonds. The van der Waals surface area contributed by atoms with Crippen LogP contribution in [0.3, 0.4) is 0 Å². The predicted octanol–water partition coefficient (Wildman–Crippen LogP) is 5.88. The zero-order valence-electron chi connectivity index (χ0n) is 14.3. The molecule has 0 bridgehead atoms. The average molecular weight is 402 g/mol. The van der Waals surface area contributed by atoms with Crippen LogP contribution in [0.1, 0.15) is 21.5 Å². The molecule has 3 aromatic rings. The van der Waals surface area contributed by atoms with Crippen LogP contribution in [0.4, 0.5) is 5.69 Å². The second kappa shape index (κ2) is 8.80. The largest absolute Gasteiger partial charge is 0.489 e. The van der Waals surface area contributed by atoms with Crippen molar-refractivity contribution < 1.29 is 14.6 Å². The highest BCUT2D eigenvalue weighted by Gasteiger charge is 2.09. The van der Waals surface area contributed by atoms with Crippen molar-refractivity contribution in [1.29, 1.82) is 0 Å². The summed E-state index contributed by atoms with van der Waals surface area (Å²) in [5.41, 5.74) is 2.77. The predicted molar refractivity (Wildman–Crippen MR) is 108 cm³/mol. The van der Waals surface area contributed by atoms with Crippen molar-refractivity contribution in [3.8, 4) is 5.75 Å². The fourth-order valence-corrected chi connectivity index (χ4v) is 3.05. The van der Waals surface area contributed by atoms with E-state index in [0.717, 1.165) is 22.6 Å². The van der Waals surface area contributed by atoms with Crippen LogP contribution in [-0.4, -0.2) is 11.1 Å². The summed E-state index contributed by atoms with van der Waals surface area (Å²) in [6.45, 7) is 0.922. The molecule has 4 nitrogen and oxygen atoms in total. The molecule has 6 heteroatoms. The normalized spacial score (nSPS) is 10.4. The molecule has 2 N–H and O–H groups in total. The molecule has 27 heavy (non-hydrogen) atoms. The number of rotatable bonds is 7. The zero-order valence-corrected chi connectivity index (χ0v) is 15.8. The Kier molecular flexibility index (Phi) is 6.22. The molecule has 0 aliphatic rings. The molecule has 0 spiro atoms. The highest BCUT2D eigenvalue weighted by atomic mass is 35.5. The van der Waals surface area contributed by atoms with Gasteiger partial charge in [0.2, 0.25) is 0 Å². The van der Waals surface area contributed by atoms with Crippen molar-refractivity contribution in [2.75, 3.05) is 5.32 Å². The van der Waals surface area contributed by atoms with Gasteiger partial charge in [-0.05, 0) is 42.0 Å². The maximum Gasteiger partial charge on any atom is 0.337 e. The van der Waals surface area contributed by atoms with Gasteiger partial charge in [0.1, 0.15) is 12.4 Å². The average Bonchev–Trinajstić information content (AvgIpc) is 2.65. The van der Waals surface area contributed by atoms with E-state index in [-0.39, 0.29) is 10.6 Å². The Bertz CT molecular complexity index is 960. The van der Waals surface area contributed by atoms with Crippen LogP contribution in [-0.2, 0) is 13.2 Å². The molecule has 138 valence electrons. The SMILES string of the molecule is O=C(O)c1ccc(NCc2ccccc2OCc2cccc(Cl)c2)cc1Cl. The molecule has 0 fully saturated rings. The first-order chi connectivity index (χ1) is 13.0. The minimum atomic E-state index is -1.05. The van der Waals surface area contributed by atoms with E-state index in [1.54, 1.807) is 12.1 Å². The zero-order chi connectivity index (χ0) is 19.2. The molecule has 0 radical (unpaired) electrons. The standard InChI is InChI=1S/C21H17Cl2NO3/c22-16-6-3-4-14(10-16)13-27-20-7-2-1-5-15(20)12-24-17-8-9-18(21(25)26)19(23)11-17/h1-11,24H,12-13H2,(H,25,26). The van der Waals surface area contributed by atoms with E-state index in [2.05, 4.69) is 5.32 Å². The number of nitrogens with one attached hydrogen (secondary N) is 1. The molecule has 0 aliphatic heterocycles. The Hall–Kier alpha value is -2.69. The fraction of sp³-hybridized carbons (Fsp3) is 0.0952. The quantitative estimate of drug-likeness (QED) is 0.518. The van der Waals surface area contributed by atoms with Crippen molar-refractivity contribution in [1.82, 2.24) is 0 Å². The molecular weight excluding hydrogens is 385 g/mol. The number of hydrogen-bond acceptors (Lipinski definition) is 3. The lowest BCUT2D eigenvalue weighted by Crippen LogP contribution is -2.04. The number of benzene rings is 3. The molecule has 0 heterocycles. The van der Waals surface area contributed by atoms with Crippen molar-refractivity contribution in [2.45, 2.75) is 13.2 Å². The smallest absolute Gasteiger partial charge is 0.337 e. The van der Waals surface area contributed by atoms with Gasteiger partial charge in [0.25, 0.3) is 0 Å². The maximum atomic E-state index is 11.0. The van der Waals surface area contributed by atoms with Crippen LogP contribution >= 0.6 is 23.2 Å². The van der Waals surface area contributed by atoms with Crippen LogP contribution in [0.25, 0.3) is 0 Å². The molecule has 0 aliphatic carbocycles. The summed E-state index contributed by atoms with van der Waals surface area (Å²) < 4.78 is 5.94. The van der Waals surface area contributed by atoms with E-state index in [4.69, 9.17) is 33.0 Å². The van der Waals surface area contributed by atoms with E-state index >= 15 is 0 Å². The van der Waals surface area contributed by atoms with Crippen LogP contribution < -0.4 is 10.1 Å². The molecule has 0 saturated heterocycles. The highest BCUT2D eigenvalue weighted by molar-refractivity contribution is 6.33. The second-order valence-electron chi connectivity index (χ2n) is 5.88. The number of halogens is 2. The van der Waals surface area contributed by atoms with E-state index in [1.807, 2.05) is 48.5 Å².